The molecular formula is C10H14N4O5. The minimum atomic E-state index is -1.17. The zero-order valence-corrected chi connectivity index (χ0v) is 10.1. The molecule has 5 N–H and O–H groups in total. The molecule has 0 radical (unpaired) electrons. The fraction of sp³-hybridized carbons (Fsp3) is 0.400. The molecule has 3 amide bonds. The number of hydrogen-bond donors (Lipinski definition) is 5. The smallest absolute Gasteiger partial charge is 0.321 e. The number of nitriles is 1. The summed E-state index contributed by atoms with van der Waals surface area (Å²) >= 11 is 0. The normalized spacial score (nSPS) is 11.9. The van der Waals surface area contributed by atoms with Gasteiger partial charge in [-0.15, -0.1) is 0 Å². The second kappa shape index (κ2) is 8.48. The van der Waals surface area contributed by atoms with Crippen molar-refractivity contribution in [1.82, 2.24) is 16.0 Å². The van der Waals surface area contributed by atoms with E-state index < -0.39 is 30.4 Å². The highest BCUT2D eigenvalue weighted by atomic mass is 16.4. The molecule has 0 saturated heterocycles. The lowest BCUT2D eigenvalue weighted by molar-refractivity contribution is -0.139. The maximum absolute atomic E-state index is 11.3. The van der Waals surface area contributed by atoms with Crippen molar-refractivity contribution in [1.29, 1.82) is 5.26 Å². The second-order valence-corrected chi connectivity index (χ2v) is 3.36. The average Bonchev–Trinajstić information content (AvgIpc) is 2.33. The van der Waals surface area contributed by atoms with Gasteiger partial charge in [0.25, 0.3) is 5.91 Å². The molecule has 0 bridgehead atoms. The van der Waals surface area contributed by atoms with Gasteiger partial charge in [-0.2, -0.15) is 5.26 Å². The first kappa shape index (κ1) is 16.4. The number of urea groups is 1. The zero-order valence-electron chi connectivity index (χ0n) is 10.1. The van der Waals surface area contributed by atoms with Crippen molar-refractivity contribution < 1.29 is 24.6 Å². The third-order valence-electron chi connectivity index (χ3n) is 1.83. The van der Waals surface area contributed by atoms with Crippen LogP contribution in [0.25, 0.3) is 0 Å². The maximum Gasteiger partial charge on any atom is 0.321 e. The summed E-state index contributed by atoms with van der Waals surface area (Å²) in [7, 11) is 1.30. The summed E-state index contributed by atoms with van der Waals surface area (Å²) in [5.74, 6) is -2.08. The van der Waals surface area contributed by atoms with E-state index in [9.17, 15) is 19.5 Å². The fourth-order valence-corrected chi connectivity index (χ4v) is 0.952. The van der Waals surface area contributed by atoms with Crippen LogP contribution >= 0.6 is 0 Å². The number of aliphatic hydroxyl groups is 1. The Morgan fingerprint density at radius 1 is 1.42 bits per heavy atom. The lowest BCUT2D eigenvalue weighted by Crippen LogP contribution is -2.38. The second-order valence-electron chi connectivity index (χ2n) is 3.36. The van der Waals surface area contributed by atoms with Gasteiger partial charge in [0.15, 0.2) is 0 Å². The van der Waals surface area contributed by atoms with Gasteiger partial charge in [0.2, 0.25) is 0 Å². The van der Waals surface area contributed by atoms with Gasteiger partial charge in [0.05, 0.1) is 12.5 Å². The number of hydrogen-bond acceptors (Lipinski definition) is 6. The van der Waals surface area contributed by atoms with Crippen molar-refractivity contribution in [3.8, 4) is 6.07 Å². The third kappa shape index (κ3) is 7.35. The molecule has 0 fully saturated rings. The lowest BCUT2D eigenvalue weighted by atomic mass is 10.2. The number of amides is 3. The van der Waals surface area contributed by atoms with Crippen molar-refractivity contribution in [2.75, 3.05) is 13.6 Å². The lowest BCUT2D eigenvalue weighted by Gasteiger charge is -2.07. The highest BCUT2D eigenvalue weighted by molar-refractivity contribution is 6.05. The summed E-state index contributed by atoms with van der Waals surface area (Å²) in [6, 6.07) is 0.788. The summed E-state index contributed by atoms with van der Waals surface area (Å²) in [5.41, 5.74) is -0.383. The van der Waals surface area contributed by atoms with Crippen LogP contribution in [0.3, 0.4) is 0 Å². The van der Waals surface area contributed by atoms with Crippen LogP contribution in [-0.4, -0.2) is 47.8 Å². The summed E-state index contributed by atoms with van der Waals surface area (Å²) < 4.78 is 0. The highest BCUT2D eigenvalue weighted by Gasteiger charge is 2.12. The van der Waals surface area contributed by atoms with Gasteiger partial charge in [-0.25, -0.2) is 4.79 Å². The van der Waals surface area contributed by atoms with Crippen LogP contribution in [0.2, 0.25) is 0 Å². The highest BCUT2D eigenvalue weighted by Crippen LogP contribution is 1.93. The van der Waals surface area contributed by atoms with Gasteiger partial charge in [0.1, 0.15) is 11.6 Å². The molecule has 19 heavy (non-hydrogen) atoms. The summed E-state index contributed by atoms with van der Waals surface area (Å²) in [6.45, 7) is -0.148. The minimum Gasteiger partial charge on any atom is -0.481 e. The predicted molar refractivity (Wildman–Crippen MR) is 62.6 cm³/mol. The minimum absolute atomic E-state index is 0.148. The molecule has 1 unspecified atom stereocenters. The largest absolute Gasteiger partial charge is 0.481 e. The van der Waals surface area contributed by atoms with Crippen molar-refractivity contribution in [3.63, 3.8) is 0 Å². The first-order valence-electron chi connectivity index (χ1n) is 5.17. The predicted octanol–water partition coefficient (Wildman–Crippen LogP) is -1.73. The SMILES string of the molecule is CNC(=O)NC(=O)C(C#N)=CNCC(O)CC(=O)O. The van der Waals surface area contributed by atoms with E-state index in [1.54, 1.807) is 6.07 Å². The Labute approximate surface area is 108 Å². The molecular weight excluding hydrogens is 256 g/mol. The van der Waals surface area contributed by atoms with Gasteiger partial charge in [-0.05, 0) is 0 Å². The van der Waals surface area contributed by atoms with E-state index in [1.807, 2.05) is 5.32 Å². The molecule has 1 atom stereocenters. The number of nitrogens with one attached hydrogen (secondary N) is 3. The molecule has 0 aromatic heterocycles. The molecule has 9 heteroatoms. The van der Waals surface area contributed by atoms with E-state index in [0.717, 1.165) is 6.20 Å². The van der Waals surface area contributed by atoms with E-state index in [1.165, 1.54) is 7.05 Å². The van der Waals surface area contributed by atoms with E-state index in [0.29, 0.717) is 0 Å². The molecule has 9 nitrogen and oxygen atoms in total. The van der Waals surface area contributed by atoms with Gasteiger partial charge in [0, 0.05) is 19.8 Å². The number of aliphatic carboxylic acids is 1. The zero-order chi connectivity index (χ0) is 14.8. The Morgan fingerprint density at radius 2 is 2.05 bits per heavy atom. The number of carboxylic acids is 1. The van der Waals surface area contributed by atoms with Crippen LogP contribution in [0.15, 0.2) is 11.8 Å². The summed E-state index contributed by atoms with van der Waals surface area (Å²) in [6.07, 6.45) is -0.632. The number of carbonyl (C=O) groups is 3. The quantitative estimate of drug-likeness (QED) is 0.284. The molecule has 0 aliphatic heterocycles. The number of rotatable bonds is 6. The monoisotopic (exact) mass is 270 g/mol. The Bertz CT molecular complexity index is 426. The van der Waals surface area contributed by atoms with Gasteiger partial charge in [-0.1, -0.05) is 0 Å². The molecule has 104 valence electrons. The first-order valence-corrected chi connectivity index (χ1v) is 5.17. The van der Waals surface area contributed by atoms with E-state index in [-0.39, 0.29) is 12.1 Å². The number of nitrogens with zero attached hydrogens (tertiary/aromatic N) is 1. The summed E-state index contributed by atoms with van der Waals surface area (Å²) in [4.78, 5) is 32.4. The van der Waals surface area contributed by atoms with Crippen LogP contribution in [0, 0.1) is 11.3 Å². The third-order valence-corrected chi connectivity index (χ3v) is 1.83. The average molecular weight is 270 g/mol. The Morgan fingerprint density at radius 3 is 2.53 bits per heavy atom. The molecule has 0 aromatic rings. The van der Waals surface area contributed by atoms with Gasteiger partial charge >= 0.3 is 12.0 Å². The Balaban J connectivity index is 4.34. The van der Waals surface area contributed by atoms with Crippen molar-refractivity contribution in [3.05, 3.63) is 11.8 Å². The Hall–Kier alpha value is -2.60. The van der Waals surface area contributed by atoms with Crippen molar-refractivity contribution in [2.24, 2.45) is 0 Å². The molecule has 0 aromatic carbocycles. The molecule has 0 aliphatic rings. The number of carbonyl (C=O) groups excluding carboxylic acids is 2. The first-order chi connectivity index (χ1) is 8.90. The Kier molecular flexibility index (Phi) is 7.32. The standard InChI is InChI=1S/C10H14N4O5/c1-12-10(19)14-9(18)6(3-11)4-13-5-7(15)2-8(16)17/h4,7,13,15H,2,5H2,1H3,(H,16,17)(H2,12,14,18,19). The molecule has 0 aliphatic carbocycles. The van der Waals surface area contributed by atoms with Gasteiger partial charge in [-0.3, -0.25) is 14.9 Å². The van der Waals surface area contributed by atoms with Crippen molar-refractivity contribution in [2.45, 2.75) is 12.5 Å². The van der Waals surface area contributed by atoms with Crippen LogP contribution < -0.4 is 16.0 Å². The topological polar surface area (TPSA) is 152 Å². The van der Waals surface area contributed by atoms with Crippen LogP contribution in [0.5, 0.6) is 0 Å². The molecule has 0 rings (SSSR count). The number of imide groups is 1. The number of carboxylic acid groups (broad SMARTS) is 1. The van der Waals surface area contributed by atoms with E-state index >= 15 is 0 Å². The number of aliphatic hydroxyl groups excluding tert-OH is 1. The maximum atomic E-state index is 11.3. The molecule has 0 heterocycles. The van der Waals surface area contributed by atoms with Crippen molar-refractivity contribution >= 4 is 17.9 Å². The van der Waals surface area contributed by atoms with E-state index in [2.05, 4.69) is 10.6 Å². The van der Waals surface area contributed by atoms with Gasteiger partial charge < -0.3 is 20.8 Å². The molecule has 0 spiro atoms. The van der Waals surface area contributed by atoms with Crippen LogP contribution in [-0.2, 0) is 9.59 Å². The van der Waals surface area contributed by atoms with Crippen LogP contribution in [0.4, 0.5) is 4.79 Å². The summed E-state index contributed by atoms with van der Waals surface area (Å²) in [5, 5.41) is 32.7. The van der Waals surface area contributed by atoms with Crippen LogP contribution in [0.1, 0.15) is 6.42 Å². The molecule has 0 saturated carbocycles. The van der Waals surface area contributed by atoms with E-state index in [4.69, 9.17) is 10.4 Å². The fourth-order valence-electron chi connectivity index (χ4n) is 0.952.